The first-order valence-electron chi connectivity index (χ1n) is 9.00. The quantitative estimate of drug-likeness (QED) is 0.409. The lowest BCUT2D eigenvalue weighted by atomic mass is 10.2. The van der Waals surface area contributed by atoms with Gasteiger partial charge in [-0.05, 0) is 30.2 Å². The van der Waals surface area contributed by atoms with Crippen LogP contribution in [0, 0.1) is 0 Å². The molecule has 0 bridgehead atoms. The minimum Gasteiger partial charge on any atom is -0.465 e. The number of imidazole rings is 1. The van der Waals surface area contributed by atoms with E-state index in [9.17, 15) is 18.0 Å². The average molecular weight is 415 g/mol. The lowest BCUT2D eigenvalue weighted by Crippen LogP contribution is -2.29. The van der Waals surface area contributed by atoms with Crippen molar-refractivity contribution in [3.63, 3.8) is 0 Å². The van der Waals surface area contributed by atoms with Crippen LogP contribution in [0.25, 0.3) is 17.1 Å². The summed E-state index contributed by atoms with van der Waals surface area (Å²) in [6.45, 7) is -0.0114. The Morgan fingerprint density at radius 2 is 1.83 bits per heavy atom. The smallest absolute Gasteiger partial charge is 0.326 e. The number of ether oxygens (including phenoxy) is 1. The standard InChI is InChI=1S/C20H21N3O5S/c24-19(15-21-29(26,27)14-11-16-7-2-1-3-8-16)28-13-6-12-23-18-10-5-4-9-17(18)22-20(23)25/h1-5,7-11,14,21H,6,12-13,15H2,(H,22,25)/b14-11+. The number of aromatic nitrogens is 2. The van der Waals surface area contributed by atoms with Crippen LogP contribution in [0.2, 0.25) is 0 Å². The van der Waals surface area contributed by atoms with Gasteiger partial charge in [-0.3, -0.25) is 9.36 Å². The summed E-state index contributed by atoms with van der Waals surface area (Å²) < 4.78 is 32.6. The molecule has 0 radical (unpaired) electrons. The molecule has 0 aliphatic carbocycles. The Bertz CT molecular complexity index is 1160. The Hall–Kier alpha value is -3.17. The van der Waals surface area contributed by atoms with Crippen molar-refractivity contribution in [2.45, 2.75) is 13.0 Å². The number of hydrogen-bond acceptors (Lipinski definition) is 5. The Labute approximate surface area is 167 Å². The minimum atomic E-state index is -3.75. The molecule has 0 spiro atoms. The van der Waals surface area contributed by atoms with E-state index in [2.05, 4.69) is 9.71 Å². The Balaban J connectivity index is 1.42. The Morgan fingerprint density at radius 1 is 1.10 bits per heavy atom. The molecule has 0 aliphatic heterocycles. The molecular weight excluding hydrogens is 394 g/mol. The van der Waals surface area contributed by atoms with Crippen LogP contribution in [-0.4, -0.2) is 37.1 Å². The van der Waals surface area contributed by atoms with Crippen LogP contribution in [0.3, 0.4) is 0 Å². The van der Waals surface area contributed by atoms with E-state index >= 15 is 0 Å². The zero-order valence-corrected chi connectivity index (χ0v) is 16.4. The molecule has 2 N–H and O–H groups in total. The third kappa shape index (κ3) is 5.90. The van der Waals surface area contributed by atoms with E-state index in [1.54, 1.807) is 28.8 Å². The molecule has 0 unspecified atom stereocenters. The number of nitrogens with zero attached hydrogens (tertiary/aromatic N) is 1. The molecule has 0 aliphatic rings. The van der Waals surface area contributed by atoms with E-state index in [1.165, 1.54) is 6.08 Å². The number of hydrogen-bond donors (Lipinski definition) is 2. The van der Waals surface area contributed by atoms with Crippen molar-refractivity contribution in [1.29, 1.82) is 0 Å². The van der Waals surface area contributed by atoms with Gasteiger partial charge in [-0.25, -0.2) is 17.9 Å². The average Bonchev–Trinajstić information content (AvgIpc) is 3.04. The zero-order valence-electron chi connectivity index (χ0n) is 15.6. The van der Waals surface area contributed by atoms with E-state index in [0.29, 0.717) is 13.0 Å². The lowest BCUT2D eigenvalue weighted by Gasteiger charge is -2.06. The summed E-state index contributed by atoms with van der Waals surface area (Å²) in [4.78, 5) is 26.5. The fourth-order valence-electron chi connectivity index (χ4n) is 2.73. The SMILES string of the molecule is O=C(CNS(=O)(=O)/C=C/c1ccccc1)OCCCn1c(=O)[nH]c2ccccc21. The van der Waals surface area contributed by atoms with Gasteiger partial charge in [-0.15, -0.1) is 0 Å². The van der Waals surface area contributed by atoms with Crippen LogP contribution < -0.4 is 10.4 Å². The highest BCUT2D eigenvalue weighted by atomic mass is 32.2. The van der Waals surface area contributed by atoms with Gasteiger partial charge in [0.25, 0.3) is 0 Å². The van der Waals surface area contributed by atoms with E-state index in [4.69, 9.17) is 4.74 Å². The van der Waals surface area contributed by atoms with Gasteiger partial charge in [0.15, 0.2) is 0 Å². The van der Waals surface area contributed by atoms with Crippen molar-refractivity contribution in [1.82, 2.24) is 14.3 Å². The molecule has 3 rings (SSSR count). The first-order valence-corrected chi connectivity index (χ1v) is 10.6. The normalized spacial score (nSPS) is 11.9. The number of sulfonamides is 1. The number of aromatic amines is 1. The van der Waals surface area contributed by atoms with Crippen LogP contribution in [0.1, 0.15) is 12.0 Å². The Kier molecular flexibility index (Phi) is 6.63. The van der Waals surface area contributed by atoms with Crippen molar-refractivity contribution in [2.75, 3.05) is 13.2 Å². The van der Waals surface area contributed by atoms with Crippen molar-refractivity contribution >= 4 is 33.1 Å². The first kappa shape index (κ1) is 20.6. The molecule has 152 valence electrons. The molecule has 3 aromatic rings. The number of H-pyrrole nitrogens is 1. The molecule has 29 heavy (non-hydrogen) atoms. The highest BCUT2D eigenvalue weighted by Crippen LogP contribution is 2.09. The number of carbonyl (C=O) groups is 1. The molecule has 8 nitrogen and oxygen atoms in total. The maximum atomic E-state index is 12.0. The van der Waals surface area contributed by atoms with E-state index in [-0.39, 0.29) is 12.3 Å². The van der Waals surface area contributed by atoms with Crippen LogP contribution in [0.4, 0.5) is 0 Å². The second-order valence-electron chi connectivity index (χ2n) is 6.25. The van der Waals surface area contributed by atoms with Crippen LogP contribution in [0.15, 0.2) is 64.8 Å². The van der Waals surface area contributed by atoms with Crippen molar-refractivity contribution in [3.05, 3.63) is 76.1 Å². The molecular formula is C20H21N3O5S. The van der Waals surface area contributed by atoms with Gasteiger partial charge < -0.3 is 9.72 Å². The van der Waals surface area contributed by atoms with Crippen molar-refractivity contribution in [2.24, 2.45) is 0 Å². The number of rotatable bonds is 9. The second-order valence-corrected chi connectivity index (χ2v) is 7.90. The van der Waals surface area contributed by atoms with Crippen LogP contribution >= 0.6 is 0 Å². The van der Waals surface area contributed by atoms with E-state index in [1.807, 2.05) is 30.3 Å². The maximum Gasteiger partial charge on any atom is 0.326 e. The second kappa shape index (κ2) is 9.35. The van der Waals surface area contributed by atoms with Gasteiger partial charge in [0, 0.05) is 12.0 Å². The number of aryl methyl sites for hydroxylation is 1. The van der Waals surface area contributed by atoms with Gasteiger partial charge >= 0.3 is 11.7 Å². The summed E-state index contributed by atoms with van der Waals surface area (Å²) in [5.41, 5.74) is 2.03. The minimum absolute atomic E-state index is 0.0758. The topological polar surface area (TPSA) is 110 Å². The predicted molar refractivity (Wildman–Crippen MR) is 111 cm³/mol. The third-order valence-electron chi connectivity index (χ3n) is 4.13. The van der Waals surface area contributed by atoms with Gasteiger partial charge in [0.05, 0.1) is 17.6 Å². The monoisotopic (exact) mass is 415 g/mol. The summed E-state index contributed by atoms with van der Waals surface area (Å²) >= 11 is 0. The summed E-state index contributed by atoms with van der Waals surface area (Å²) in [7, 11) is -3.75. The molecule has 0 amide bonds. The number of nitrogens with one attached hydrogen (secondary N) is 2. The number of carbonyl (C=O) groups excluding carboxylic acids is 1. The fourth-order valence-corrected chi connectivity index (χ4v) is 3.48. The number of fused-ring (bicyclic) bond motifs is 1. The Morgan fingerprint density at radius 3 is 2.62 bits per heavy atom. The largest absolute Gasteiger partial charge is 0.465 e. The van der Waals surface area contributed by atoms with Crippen molar-refractivity contribution < 1.29 is 17.9 Å². The maximum absolute atomic E-state index is 12.0. The van der Waals surface area contributed by atoms with Crippen molar-refractivity contribution in [3.8, 4) is 0 Å². The van der Waals surface area contributed by atoms with Gasteiger partial charge in [0.2, 0.25) is 10.0 Å². The zero-order chi connectivity index (χ0) is 20.7. The summed E-state index contributed by atoms with van der Waals surface area (Å²) in [5, 5.41) is 0.999. The van der Waals surface area contributed by atoms with E-state index < -0.39 is 22.5 Å². The summed E-state index contributed by atoms with van der Waals surface area (Å²) in [5.74, 6) is -0.687. The van der Waals surface area contributed by atoms with Gasteiger partial charge in [-0.2, -0.15) is 0 Å². The number of esters is 1. The predicted octanol–water partition coefficient (Wildman–Crippen LogP) is 1.85. The number of benzene rings is 2. The highest BCUT2D eigenvalue weighted by Gasteiger charge is 2.10. The molecule has 0 saturated heterocycles. The van der Waals surface area contributed by atoms with E-state index in [0.717, 1.165) is 22.0 Å². The third-order valence-corrected chi connectivity index (χ3v) is 5.17. The number of para-hydroxylation sites is 2. The molecule has 0 atom stereocenters. The molecule has 1 aromatic heterocycles. The fraction of sp³-hybridized carbons (Fsp3) is 0.200. The molecule has 1 heterocycles. The summed E-state index contributed by atoms with van der Waals surface area (Å²) in [6.07, 6.45) is 1.86. The molecule has 9 heteroatoms. The molecule has 2 aromatic carbocycles. The summed E-state index contributed by atoms with van der Waals surface area (Å²) in [6, 6.07) is 16.3. The first-order chi connectivity index (χ1) is 13.9. The molecule has 0 fully saturated rings. The molecule has 0 saturated carbocycles. The van der Waals surface area contributed by atoms with Crippen LogP contribution in [0.5, 0.6) is 0 Å². The van der Waals surface area contributed by atoms with Gasteiger partial charge in [-0.1, -0.05) is 42.5 Å². The highest BCUT2D eigenvalue weighted by molar-refractivity contribution is 7.92. The van der Waals surface area contributed by atoms with Gasteiger partial charge in [0.1, 0.15) is 6.54 Å². The lowest BCUT2D eigenvalue weighted by molar-refractivity contribution is -0.142. The van der Waals surface area contributed by atoms with Crippen LogP contribution in [-0.2, 0) is 26.1 Å².